The van der Waals surface area contributed by atoms with Crippen molar-refractivity contribution in [3.05, 3.63) is 29.5 Å². The second kappa shape index (κ2) is 4.99. The van der Waals surface area contributed by atoms with Gasteiger partial charge in [-0.3, -0.25) is 9.69 Å². The quantitative estimate of drug-likeness (QED) is 0.894. The molecule has 0 unspecified atom stereocenters. The lowest BCUT2D eigenvalue weighted by Crippen LogP contribution is -2.58. The minimum absolute atomic E-state index is 0.370. The van der Waals surface area contributed by atoms with E-state index in [4.69, 9.17) is 4.74 Å². The second-order valence-electron chi connectivity index (χ2n) is 6.81. The summed E-state index contributed by atoms with van der Waals surface area (Å²) in [5.74, 6) is -0.225. The van der Waals surface area contributed by atoms with Gasteiger partial charge in [0, 0.05) is 23.1 Å². The molecular formula is C18H22N2O3. The van der Waals surface area contributed by atoms with E-state index in [0.717, 1.165) is 54.7 Å². The Labute approximate surface area is 135 Å². The number of methoxy groups -OCH3 is 1. The van der Waals surface area contributed by atoms with Crippen LogP contribution in [0.15, 0.2) is 18.2 Å². The lowest BCUT2D eigenvalue weighted by molar-refractivity contribution is -0.152. The molecule has 3 heterocycles. The van der Waals surface area contributed by atoms with Gasteiger partial charge in [0.05, 0.1) is 18.6 Å². The molecule has 2 aliphatic heterocycles. The average Bonchev–Trinajstić information content (AvgIpc) is 2.92. The maximum atomic E-state index is 11.9. The van der Waals surface area contributed by atoms with Crippen LogP contribution in [0.4, 0.5) is 0 Å². The molecule has 5 nitrogen and oxygen atoms in total. The number of hydrogen-bond donors (Lipinski definition) is 2. The molecule has 2 aliphatic rings. The van der Waals surface area contributed by atoms with Crippen molar-refractivity contribution in [1.29, 1.82) is 0 Å². The molecule has 0 aliphatic carbocycles. The first-order valence-electron chi connectivity index (χ1n) is 8.22. The molecule has 2 aromatic rings. The summed E-state index contributed by atoms with van der Waals surface area (Å²) >= 11 is 0. The molecule has 0 radical (unpaired) electrons. The molecule has 1 aromatic heterocycles. The zero-order chi connectivity index (χ0) is 16.2. The van der Waals surface area contributed by atoms with Crippen LogP contribution in [-0.4, -0.2) is 41.2 Å². The van der Waals surface area contributed by atoms with Crippen LogP contribution in [0.5, 0.6) is 5.75 Å². The maximum absolute atomic E-state index is 11.9. The third kappa shape index (κ3) is 1.92. The number of carboxylic acids is 1. The number of benzene rings is 1. The molecule has 4 rings (SSSR count). The van der Waals surface area contributed by atoms with Gasteiger partial charge in [-0.25, -0.2) is 0 Å². The Balaban J connectivity index is 1.94. The van der Waals surface area contributed by atoms with Gasteiger partial charge < -0.3 is 14.8 Å². The highest BCUT2D eigenvalue weighted by atomic mass is 16.5. The fraction of sp³-hybridized carbons (Fsp3) is 0.500. The highest BCUT2D eigenvalue weighted by molar-refractivity contribution is 5.87. The first kappa shape index (κ1) is 14.6. The lowest BCUT2D eigenvalue weighted by Gasteiger charge is -2.51. The Morgan fingerprint density at radius 1 is 1.43 bits per heavy atom. The van der Waals surface area contributed by atoms with Crippen molar-refractivity contribution in [2.75, 3.05) is 20.2 Å². The maximum Gasteiger partial charge on any atom is 0.308 e. The molecule has 1 saturated heterocycles. The van der Waals surface area contributed by atoms with Crippen molar-refractivity contribution in [2.45, 2.75) is 31.7 Å². The van der Waals surface area contributed by atoms with Gasteiger partial charge in [0.25, 0.3) is 0 Å². The van der Waals surface area contributed by atoms with Crippen molar-refractivity contribution in [2.24, 2.45) is 5.92 Å². The molecule has 0 amide bonds. The van der Waals surface area contributed by atoms with Crippen LogP contribution in [0.1, 0.15) is 31.0 Å². The highest BCUT2D eigenvalue weighted by Crippen LogP contribution is 2.47. The molecular weight excluding hydrogens is 292 g/mol. The lowest BCUT2D eigenvalue weighted by atomic mass is 9.72. The van der Waals surface area contributed by atoms with Crippen molar-refractivity contribution in [3.63, 3.8) is 0 Å². The number of nitrogens with one attached hydrogen (secondary N) is 1. The Kier molecular flexibility index (Phi) is 3.17. The van der Waals surface area contributed by atoms with E-state index in [1.54, 1.807) is 7.11 Å². The van der Waals surface area contributed by atoms with Gasteiger partial charge in [-0.15, -0.1) is 0 Å². The average molecular weight is 314 g/mol. The molecule has 0 saturated carbocycles. The molecule has 5 heteroatoms. The van der Waals surface area contributed by atoms with Gasteiger partial charge in [-0.1, -0.05) is 0 Å². The van der Waals surface area contributed by atoms with E-state index in [1.807, 2.05) is 12.1 Å². The highest BCUT2D eigenvalue weighted by Gasteiger charge is 2.51. The Morgan fingerprint density at radius 2 is 2.26 bits per heavy atom. The molecule has 2 N–H and O–H groups in total. The molecule has 0 spiro atoms. The van der Waals surface area contributed by atoms with Crippen LogP contribution < -0.4 is 4.74 Å². The number of rotatable bonds is 2. The fourth-order valence-electron chi connectivity index (χ4n) is 4.55. The third-order valence-electron chi connectivity index (χ3n) is 5.81. The van der Waals surface area contributed by atoms with Crippen molar-refractivity contribution >= 4 is 16.9 Å². The molecule has 122 valence electrons. The van der Waals surface area contributed by atoms with Crippen LogP contribution in [0, 0.1) is 5.92 Å². The van der Waals surface area contributed by atoms with Crippen molar-refractivity contribution in [1.82, 2.24) is 9.88 Å². The summed E-state index contributed by atoms with van der Waals surface area (Å²) in [6, 6.07) is 6.03. The summed E-state index contributed by atoms with van der Waals surface area (Å²) in [5, 5.41) is 10.9. The molecule has 1 fully saturated rings. The number of nitrogens with zero attached hydrogens (tertiary/aromatic N) is 1. The summed E-state index contributed by atoms with van der Waals surface area (Å²) < 4.78 is 5.36. The Morgan fingerprint density at radius 3 is 3.00 bits per heavy atom. The monoisotopic (exact) mass is 314 g/mol. The van der Waals surface area contributed by atoms with E-state index >= 15 is 0 Å². The molecule has 1 aromatic carbocycles. The van der Waals surface area contributed by atoms with Crippen LogP contribution in [0.3, 0.4) is 0 Å². The van der Waals surface area contributed by atoms with Gasteiger partial charge in [0.1, 0.15) is 5.75 Å². The van der Waals surface area contributed by atoms with E-state index in [2.05, 4.69) is 22.9 Å². The van der Waals surface area contributed by atoms with Crippen LogP contribution in [0.2, 0.25) is 0 Å². The predicted octanol–water partition coefficient (Wildman–Crippen LogP) is 2.74. The van der Waals surface area contributed by atoms with Crippen molar-refractivity contribution in [3.8, 4) is 5.75 Å². The van der Waals surface area contributed by atoms with Crippen LogP contribution >= 0.6 is 0 Å². The van der Waals surface area contributed by atoms with Gasteiger partial charge in [-0.05, 0) is 56.5 Å². The first-order valence-corrected chi connectivity index (χ1v) is 8.22. The summed E-state index contributed by atoms with van der Waals surface area (Å²) in [6.07, 6.45) is 2.64. The van der Waals surface area contributed by atoms with E-state index in [9.17, 15) is 9.90 Å². The number of hydrogen-bond acceptors (Lipinski definition) is 3. The predicted molar refractivity (Wildman–Crippen MR) is 87.8 cm³/mol. The topological polar surface area (TPSA) is 65.6 Å². The largest absolute Gasteiger partial charge is 0.497 e. The minimum atomic E-state index is -0.693. The number of carbonyl (C=O) groups is 1. The SMILES string of the molecule is COc1ccc2[nH]c3c(c2c1)CCN1CCC[C@@H](C(=O)O)[C@]31C. The van der Waals surface area contributed by atoms with Gasteiger partial charge in [0.15, 0.2) is 0 Å². The molecule has 0 bridgehead atoms. The second-order valence-corrected chi connectivity index (χ2v) is 6.81. The first-order chi connectivity index (χ1) is 11.1. The Hall–Kier alpha value is -2.01. The van der Waals surface area contributed by atoms with Crippen LogP contribution in [-0.2, 0) is 16.8 Å². The number of H-pyrrole nitrogens is 1. The number of ether oxygens (including phenoxy) is 1. The normalized spacial score (nSPS) is 27.5. The van der Waals surface area contributed by atoms with E-state index < -0.39 is 11.5 Å². The summed E-state index contributed by atoms with van der Waals surface area (Å²) in [4.78, 5) is 17.8. The number of fused-ring (bicyclic) bond motifs is 5. The zero-order valence-electron chi connectivity index (χ0n) is 13.6. The minimum Gasteiger partial charge on any atom is -0.497 e. The summed E-state index contributed by atoms with van der Waals surface area (Å²) in [5.41, 5.74) is 2.95. The van der Waals surface area contributed by atoms with Gasteiger partial charge >= 0.3 is 5.97 Å². The smallest absolute Gasteiger partial charge is 0.308 e. The Bertz CT molecular complexity index is 782. The van der Waals surface area contributed by atoms with E-state index in [0.29, 0.717) is 0 Å². The fourth-order valence-corrected chi connectivity index (χ4v) is 4.55. The zero-order valence-corrected chi connectivity index (χ0v) is 13.6. The standard InChI is InChI=1S/C18H22N2O3/c1-18-14(17(21)22)4-3-8-20(18)9-7-12-13-10-11(23-2)5-6-15(13)19-16(12)18/h5-6,10,14,19H,3-4,7-9H2,1-2H3,(H,21,22)/t14-,18+/m0/s1. The van der Waals surface area contributed by atoms with E-state index in [-0.39, 0.29) is 5.92 Å². The summed E-state index contributed by atoms with van der Waals surface area (Å²) in [6.45, 7) is 3.98. The van der Waals surface area contributed by atoms with Crippen LogP contribution in [0.25, 0.3) is 10.9 Å². The summed E-state index contributed by atoms with van der Waals surface area (Å²) in [7, 11) is 1.67. The number of aromatic nitrogens is 1. The number of aliphatic carboxylic acids is 1. The third-order valence-corrected chi connectivity index (χ3v) is 5.81. The van der Waals surface area contributed by atoms with Crippen molar-refractivity contribution < 1.29 is 14.6 Å². The van der Waals surface area contributed by atoms with E-state index in [1.165, 1.54) is 5.56 Å². The number of carboxylic acid groups (broad SMARTS) is 1. The number of aromatic amines is 1. The molecule has 2 atom stereocenters. The van der Waals surface area contributed by atoms with Gasteiger partial charge in [-0.2, -0.15) is 0 Å². The molecule has 23 heavy (non-hydrogen) atoms. The van der Waals surface area contributed by atoms with Gasteiger partial charge in [0.2, 0.25) is 0 Å². The number of piperidine rings is 1.